The Kier molecular flexibility index (Phi) is 8.69. The van der Waals surface area contributed by atoms with Crippen LogP contribution in [0, 0.1) is 6.92 Å². The number of anilines is 1. The lowest BCUT2D eigenvalue weighted by Crippen LogP contribution is -2.36. The lowest BCUT2D eigenvalue weighted by atomic mass is 10.2. The molecular formula is C22H25ClN2O6. The van der Waals surface area contributed by atoms with Crippen molar-refractivity contribution < 1.29 is 28.6 Å². The van der Waals surface area contributed by atoms with E-state index in [0.29, 0.717) is 34.4 Å². The van der Waals surface area contributed by atoms with Gasteiger partial charge in [-0.3, -0.25) is 14.4 Å². The van der Waals surface area contributed by atoms with Crippen molar-refractivity contribution in [2.45, 2.75) is 26.9 Å². The summed E-state index contributed by atoms with van der Waals surface area (Å²) in [6.07, 6.45) is -1.10. The zero-order valence-corrected chi connectivity index (χ0v) is 18.5. The molecule has 0 bridgehead atoms. The van der Waals surface area contributed by atoms with E-state index in [2.05, 4.69) is 10.6 Å². The van der Waals surface area contributed by atoms with Crippen LogP contribution < -0.4 is 20.1 Å². The molecule has 0 aliphatic heterocycles. The number of hydrogen-bond donors (Lipinski definition) is 2. The number of amides is 2. The summed E-state index contributed by atoms with van der Waals surface area (Å²) in [4.78, 5) is 36.8. The quantitative estimate of drug-likeness (QED) is 0.570. The third-order valence-corrected chi connectivity index (χ3v) is 4.65. The molecule has 2 N–H and O–H groups in total. The van der Waals surface area contributed by atoms with Gasteiger partial charge in [0.1, 0.15) is 18.0 Å². The van der Waals surface area contributed by atoms with Crippen molar-refractivity contribution in [2.24, 2.45) is 0 Å². The van der Waals surface area contributed by atoms with Crippen molar-refractivity contribution in [3.63, 3.8) is 0 Å². The van der Waals surface area contributed by atoms with E-state index in [1.807, 2.05) is 0 Å². The standard InChI is InChI=1S/C22H25ClN2O6/c1-5-30-18-9-7-6-8-15(18)22(28)24-12-20(26)31-14(3)21(27)25-17-10-13(2)16(23)11-19(17)29-4/h6-11,14H,5,12H2,1-4H3,(H,24,28)(H,25,27). The fourth-order valence-corrected chi connectivity index (χ4v) is 2.79. The van der Waals surface area contributed by atoms with Crippen molar-refractivity contribution in [1.29, 1.82) is 0 Å². The highest BCUT2D eigenvalue weighted by Crippen LogP contribution is 2.31. The Balaban J connectivity index is 1.92. The molecule has 0 aliphatic rings. The zero-order valence-electron chi connectivity index (χ0n) is 17.8. The summed E-state index contributed by atoms with van der Waals surface area (Å²) in [7, 11) is 1.45. The van der Waals surface area contributed by atoms with Crippen LogP contribution in [0.2, 0.25) is 5.02 Å². The molecule has 2 rings (SSSR count). The third kappa shape index (κ3) is 6.62. The molecule has 0 saturated carbocycles. The minimum atomic E-state index is -1.10. The number of carbonyl (C=O) groups excluding carboxylic acids is 3. The number of benzene rings is 2. The fraction of sp³-hybridized carbons (Fsp3) is 0.318. The number of methoxy groups -OCH3 is 1. The summed E-state index contributed by atoms with van der Waals surface area (Å²) >= 11 is 6.06. The Morgan fingerprint density at radius 3 is 2.52 bits per heavy atom. The lowest BCUT2D eigenvalue weighted by Gasteiger charge is -2.16. The number of aryl methyl sites for hydroxylation is 1. The molecule has 9 heteroatoms. The van der Waals surface area contributed by atoms with E-state index in [1.165, 1.54) is 14.0 Å². The van der Waals surface area contributed by atoms with Crippen molar-refractivity contribution in [3.05, 3.63) is 52.5 Å². The zero-order chi connectivity index (χ0) is 23.0. The molecule has 0 heterocycles. The van der Waals surface area contributed by atoms with E-state index >= 15 is 0 Å². The summed E-state index contributed by atoms with van der Waals surface area (Å²) in [6.45, 7) is 5.01. The van der Waals surface area contributed by atoms with Gasteiger partial charge in [0, 0.05) is 11.1 Å². The molecule has 2 aromatic carbocycles. The molecule has 1 atom stereocenters. The van der Waals surface area contributed by atoms with Gasteiger partial charge >= 0.3 is 5.97 Å². The number of halogens is 1. The first-order valence-corrected chi connectivity index (χ1v) is 9.99. The second-order valence-corrected chi connectivity index (χ2v) is 6.94. The summed E-state index contributed by atoms with van der Waals surface area (Å²) in [5, 5.41) is 5.60. The van der Waals surface area contributed by atoms with Crippen LogP contribution in [0.1, 0.15) is 29.8 Å². The van der Waals surface area contributed by atoms with Crippen molar-refractivity contribution >= 4 is 35.1 Å². The molecule has 0 spiro atoms. The monoisotopic (exact) mass is 448 g/mol. The normalized spacial score (nSPS) is 11.3. The molecule has 1 unspecified atom stereocenters. The van der Waals surface area contributed by atoms with Crippen molar-refractivity contribution in [2.75, 3.05) is 25.6 Å². The summed E-state index contributed by atoms with van der Waals surface area (Å²) in [6, 6.07) is 9.92. The Bertz CT molecular complexity index is 963. The number of carbonyl (C=O) groups is 3. The van der Waals surface area contributed by atoms with Crippen LogP contribution in [0.5, 0.6) is 11.5 Å². The molecule has 0 radical (unpaired) electrons. The average Bonchev–Trinajstić information content (AvgIpc) is 2.75. The van der Waals surface area contributed by atoms with E-state index in [-0.39, 0.29) is 0 Å². The van der Waals surface area contributed by atoms with Crippen LogP contribution in [0.15, 0.2) is 36.4 Å². The molecule has 166 valence electrons. The van der Waals surface area contributed by atoms with Crippen LogP contribution in [-0.2, 0) is 14.3 Å². The second-order valence-electron chi connectivity index (χ2n) is 6.53. The Morgan fingerprint density at radius 2 is 1.84 bits per heavy atom. The minimum Gasteiger partial charge on any atom is -0.495 e. The number of nitrogens with one attached hydrogen (secondary N) is 2. The molecule has 0 aliphatic carbocycles. The van der Waals surface area contributed by atoms with Gasteiger partial charge in [-0.15, -0.1) is 0 Å². The molecule has 2 aromatic rings. The van der Waals surface area contributed by atoms with Gasteiger partial charge < -0.3 is 24.8 Å². The number of rotatable bonds is 9. The number of esters is 1. The number of ether oxygens (including phenoxy) is 3. The Labute approximate surface area is 185 Å². The summed E-state index contributed by atoms with van der Waals surface area (Å²) in [5.74, 6) is -1.01. The highest BCUT2D eigenvalue weighted by Gasteiger charge is 2.21. The fourth-order valence-electron chi connectivity index (χ4n) is 2.64. The van der Waals surface area contributed by atoms with Crippen LogP contribution >= 0.6 is 11.6 Å². The van der Waals surface area contributed by atoms with E-state index in [4.69, 9.17) is 25.8 Å². The summed E-state index contributed by atoms with van der Waals surface area (Å²) in [5.41, 5.74) is 1.45. The SMILES string of the molecule is CCOc1ccccc1C(=O)NCC(=O)OC(C)C(=O)Nc1cc(C)c(Cl)cc1OC. The van der Waals surface area contributed by atoms with Crippen LogP contribution in [-0.4, -0.2) is 44.1 Å². The minimum absolute atomic E-state index is 0.299. The highest BCUT2D eigenvalue weighted by molar-refractivity contribution is 6.31. The number of para-hydroxylation sites is 1. The number of hydrogen-bond acceptors (Lipinski definition) is 6. The van der Waals surface area contributed by atoms with Gasteiger partial charge in [0.05, 0.1) is 25.0 Å². The first-order valence-electron chi connectivity index (χ1n) is 9.61. The molecule has 0 aromatic heterocycles. The maximum absolute atomic E-state index is 12.4. The largest absolute Gasteiger partial charge is 0.495 e. The van der Waals surface area contributed by atoms with Gasteiger partial charge in [0.2, 0.25) is 0 Å². The third-order valence-electron chi connectivity index (χ3n) is 4.24. The van der Waals surface area contributed by atoms with E-state index in [1.54, 1.807) is 50.2 Å². The predicted octanol–water partition coefficient (Wildman–Crippen LogP) is 3.36. The summed E-state index contributed by atoms with van der Waals surface area (Å²) < 4.78 is 15.7. The first-order chi connectivity index (χ1) is 14.8. The topological polar surface area (TPSA) is 103 Å². The maximum Gasteiger partial charge on any atom is 0.326 e. The predicted molar refractivity (Wildman–Crippen MR) is 117 cm³/mol. The maximum atomic E-state index is 12.4. The first kappa shape index (κ1) is 24.0. The van der Waals surface area contributed by atoms with Crippen LogP contribution in [0.25, 0.3) is 0 Å². The smallest absolute Gasteiger partial charge is 0.326 e. The van der Waals surface area contributed by atoms with Gasteiger partial charge in [0.25, 0.3) is 11.8 Å². The molecule has 2 amide bonds. The van der Waals surface area contributed by atoms with Gasteiger partial charge in [-0.25, -0.2) is 0 Å². The second kappa shape index (κ2) is 11.2. The Morgan fingerprint density at radius 1 is 1.13 bits per heavy atom. The van der Waals surface area contributed by atoms with E-state index in [0.717, 1.165) is 5.56 Å². The Hall–Kier alpha value is -3.26. The average molecular weight is 449 g/mol. The molecule has 8 nitrogen and oxygen atoms in total. The van der Waals surface area contributed by atoms with Crippen LogP contribution in [0.3, 0.4) is 0 Å². The van der Waals surface area contributed by atoms with Crippen molar-refractivity contribution in [3.8, 4) is 11.5 Å². The highest BCUT2D eigenvalue weighted by atomic mass is 35.5. The molecule has 0 fully saturated rings. The van der Waals surface area contributed by atoms with E-state index in [9.17, 15) is 14.4 Å². The van der Waals surface area contributed by atoms with Gasteiger partial charge in [-0.1, -0.05) is 23.7 Å². The van der Waals surface area contributed by atoms with Crippen molar-refractivity contribution in [1.82, 2.24) is 5.32 Å². The van der Waals surface area contributed by atoms with Gasteiger partial charge in [0.15, 0.2) is 6.10 Å². The molecular weight excluding hydrogens is 424 g/mol. The molecule has 0 saturated heterocycles. The molecule has 31 heavy (non-hydrogen) atoms. The van der Waals surface area contributed by atoms with Gasteiger partial charge in [-0.05, 0) is 44.5 Å². The van der Waals surface area contributed by atoms with E-state index < -0.39 is 30.4 Å². The van der Waals surface area contributed by atoms with Crippen LogP contribution in [0.4, 0.5) is 5.69 Å². The lowest BCUT2D eigenvalue weighted by molar-refractivity contribution is -0.152. The van der Waals surface area contributed by atoms with Gasteiger partial charge in [-0.2, -0.15) is 0 Å².